The summed E-state index contributed by atoms with van der Waals surface area (Å²) in [7, 11) is 3.02. The van der Waals surface area contributed by atoms with Crippen LogP contribution in [0.5, 0.6) is 17.2 Å². The van der Waals surface area contributed by atoms with E-state index in [1.165, 1.54) is 25.2 Å². The number of Topliss-reactive ketones (excluding diaryl/α,β-unsaturated/α-hetero) is 1. The molecule has 0 bridgehead atoms. The number of nitrogens with zero attached hydrogens (tertiary/aromatic N) is 1. The number of ketones is 1. The molecular weight excluding hydrogens is 434 g/mol. The van der Waals surface area contributed by atoms with E-state index in [4.69, 9.17) is 25.8 Å². The highest BCUT2D eigenvalue weighted by Gasteiger charge is 2.46. The molecule has 0 aromatic heterocycles. The van der Waals surface area contributed by atoms with E-state index in [0.717, 1.165) is 0 Å². The Morgan fingerprint density at radius 1 is 1.03 bits per heavy atom. The summed E-state index contributed by atoms with van der Waals surface area (Å²) in [5.74, 6) is -0.256. The molecule has 1 fully saturated rings. The number of halogens is 1. The Balaban J connectivity index is 2.20. The molecule has 170 valence electrons. The van der Waals surface area contributed by atoms with Crippen LogP contribution in [0.15, 0.2) is 42.0 Å². The zero-order chi connectivity index (χ0) is 23.4. The topological polar surface area (TPSA) is 85.3 Å². The first kappa shape index (κ1) is 23.5. The third-order valence-corrected chi connectivity index (χ3v) is 5.53. The number of methoxy groups -OCH3 is 2. The quantitative estimate of drug-likeness (QED) is 0.353. The minimum absolute atomic E-state index is 0.00250. The summed E-state index contributed by atoms with van der Waals surface area (Å²) in [4.78, 5) is 27.3. The van der Waals surface area contributed by atoms with E-state index >= 15 is 0 Å². The number of aliphatic hydroxyl groups excluding tert-OH is 1. The van der Waals surface area contributed by atoms with Gasteiger partial charge in [0.15, 0.2) is 11.5 Å². The fourth-order valence-electron chi connectivity index (χ4n) is 3.80. The largest absolute Gasteiger partial charge is 0.507 e. The van der Waals surface area contributed by atoms with Gasteiger partial charge >= 0.3 is 0 Å². The Bertz CT molecular complexity index is 1060. The predicted octanol–water partition coefficient (Wildman–Crippen LogP) is 4.59. The van der Waals surface area contributed by atoms with Gasteiger partial charge in [-0.3, -0.25) is 9.59 Å². The summed E-state index contributed by atoms with van der Waals surface area (Å²) in [6.45, 7) is 4.53. The van der Waals surface area contributed by atoms with Crippen LogP contribution in [0.4, 0.5) is 0 Å². The van der Waals surface area contributed by atoms with Crippen molar-refractivity contribution in [2.75, 3.05) is 27.4 Å². The van der Waals surface area contributed by atoms with Crippen molar-refractivity contribution < 1.29 is 28.9 Å². The molecule has 7 nitrogen and oxygen atoms in total. The Morgan fingerprint density at radius 3 is 2.31 bits per heavy atom. The lowest BCUT2D eigenvalue weighted by Crippen LogP contribution is -2.30. The molecule has 1 N–H and O–H groups in total. The fourth-order valence-corrected chi connectivity index (χ4v) is 4.06. The number of aliphatic hydroxyl groups is 1. The second kappa shape index (κ2) is 9.96. The first-order chi connectivity index (χ1) is 15.4. The number of likely N-dealkylation sites (tertiary alicyclic amines) is 1. The molecule has 2 aromatic rings. The van der Waals surface area contributed by atoms with E-state index in [-0.39, 0.29) is 16.4 Å². The molecule has 1 aliphatic rings. The van der Waals surface area contributed by atoms with Crippen LogP contribution >= 0.6 is 11.6 Å². The van der Waals surface area contributed by atoms with Crippen molar-refractivity contribution >= 4 is 29.1 Å². The van der Waals surface area contributed by atoms with Gasteiger partial charge in [-0.25, -0.2) is 0 Å². The molecular formula is C24H26ClNO6. The lowest BCUT2D eigenvalue weighted by atomic mass is 9.95. The maximum absolute atomic E-state index is 13.0. The molecule has 0 aliphatic carbocycles. The number of carbonyl (C=O) groups excluding carboxylic acids is 2. The van der Waals surface area contributed by atoms with Crippen LogP contribution in [0.1, 0.15) is 37.4 Å². The Morgan fingerprint density at radius 2 is 1.72 bits per heavy atom. The van der Waals surface area contributed by atoms with Crippen molar-refractivity contribution in [3.8, 4) is 17.2 Å². The Labute approximate surface area is 192 Å². The molecule has 8 heteroatoms. The smallest absolute Gasteiger partial charge is 0.295 e. The highest BCUT2D eigenvalue weighted by molar-refractivity contribution is 6.46. The molecule has 0 radical (unpaired) electrons. The van der Waals surface area contributed by atoms with Crippen molar-refractivity contribution in [3.05, 3.63) is 58.1 Å². The molecule has 2 aromatic carbocycles. The molecule has 0 spiro atoms. The lowest BCUT2D eigenvalue weighted by Gasteiger charge is -2.25. The first-order valence-corrected chi connectivity index (χ1v) is 10.7. The number of amides is 1. The monoisotopic (exact) mass is 459 g/mol. The summed E-state index contributed by atoms with van der Waals surface area (Å²) < 4.78 is 16.2. The van der Waals surface area contributed by atoms with Gasteiger partial charge in [-0.1, -0.05) is 24.6 Å². The molecule has 1 heterocycles. The lowest BCUT2D eigenvalue weighted by molar-refractivity contribution is -0.139. The van der Waals surface area contributed by atoms with Gasteiger partial charge in [-0.2, -0.15) is 0 Å². The summed E-state index contributed by atoms with van der Waals surface area (Å²) in [6.07, 6.45) is 0.645. The zero-order valence-corrected chi connectivity index (χ0v) is 19.2. The number of hydrogen-bond donors (Lipinski definition) is 1. The minimum atomic E-state index is -0.777. The van der Waals surface area contributed by atoms with Gasteiger partial charge in [0.2, 0.25) is 0 Å². The van der Waals surface area contributed by atoms with Crippen LogP contribution in [0, 0.1) is 0 Å². The first-order valence-electron chi connectivity index (χ1n) is 10.3. The second-order valence-corrected chi connectivity index (χ2v) is 7.59. The molecule has 1 atom stereocenters. The number of hydrogen-bond acceptors (Lipinski definition) is 6. The molecule has 1 amide bonds. The van der Waals surface area contributed by atoms with E-state index in [1.54, 1.807) is 30.3 Å². The van der Waals surface area contributed by atoms with Crippen LogP contribution < -0.4 is 14.2 Å². The minimum Gasteiger partial charge on any atom is -0.507 e. The Kier molecular flexibility index (Phi) is 7.30. The third-order valence-electron chi connectivity index (χ3n) is 5.23. The second-order valence-electron chi connectivity index (χ2n) is 7.19. The molecule has 1 aliphatic heterocycles. The van der Waals surface area contributed by atoms with E-state index in [9.17, 15) is 14.7 Å². The van der Waals surface area contributed by atoms with Gasteiger partial charge in [-0.05, 0) is 49.2 Å². The standard InChI is InChI=1S/C24H26ClNO6/c1-5-11-26-21(14-7-10-18(31-4)19(13-14)32-6-2)20(23(28)24(26)29)22(27)15-8-9-17(30-3)16(25)12-15/h7-10,12-13,21,27H,5-6,11H2,1-4H3/b22-20-. The maximum atomic E-state index is 13.0. The molecule has 1 saturated heterocycles. The van der Waals surface area contributed by atoms with E-state index in [1.807, 2.05) is 13.8 Å². The van der Waals surface area contributed by atoms with Crippen molar-refractivity contribution in [1.29, 1.82) is 0 Å². The molecule has 1 unspecified atom stereocenters. The van der Waals surface area contributed by atoms with E-state index in [2.05, 4.69) is 0 Å². The maximum Gasteiger partial charge on any atom is 0.295 e. The SMILES string of the molecule is CCCN1C(=O)C(=O)/C(=C(\O)c2ccc(OC)c(Cl)c2)C1c1ccc(OC)c(OCC)c1. The summed E-state index contributed by atoms with van der Waals surface area (Å²) in [5, 5.41) is 11.4. The highest BCUT2D eigenvalue weighted by Crippen LogP contribution is 2.42. The average Bonchev–Trinajstić information content (AvgIpc) is 3.04. The number of carbonyl (C=O) groups is 2. The Hall–Kier alpha value is -3.19. The van der Waals surface area contributed by atoms with Gasteiger partial charge in [0.25, 0.3) is 11.7 Å². The number of benzene rings is 2. The fraction of sp³-hybridized carbons (Fsp3) is 0.333. The highest BCUT2D eigenvalue weighted by atomic mass is 35.5. The van der Waals surface area contributed by atoms with Crippen molar-refractivity contribution in [2.24, 2.45) is 0 Å². The normalized spacial score (nSPS) is 17.5. The number of rotatable bonds is 8. The van der Waals surface area contributed by atoms with Gasteiger partial charge in [0.1, 0.15) is 11.5 Å². The molecule has 3 rings (SSSR count). The predicted molar refractivity (Wildman–Crippen MR) is 121 cm³/mol. The van der Waals surface area contributed by atoms with Crippen LogP contribution in [0.25, 0.3) is 5.76 Å². The van der Waals surface area contributed by atoms with Crippen LogP contribution in [0.3, 0.4) is 0 Å². The van der Waals surface area contributed by atoms with Crippen molar-refractivity contribution in [1.82, 2.24) is 4.90 Å². The molecule has 0 saturated carbocycles. The van der Waals surface area contributed by atoms with E-state index < -0.39 is 17.7 Å². The number of ether oxygens (including phenoxy) is 3. The van der Waals surface area contributed by atoms with Gasteiger partial charge < -0.3 is 24.2 Å². The van der Waals surface area contributed by atoms with Crippen LogP contribution in [0.2, 0.25) is 5.02 Å². The zero-order valence-electron chi connectivity index (χ0n) is 18.5. The third kappa shape index (κ3) is 4.25. The van der Waals surface area contributed by atoms with Gasteiger partial charge in [-0.15, -0.1) is 0 Å². The van der Waals surface area contributed by atoms with Gasteiger partial charge in [0.05, 0.1) is 37.5 Å². The van der Waals surface area contributed by atoms with Crippen LogP contribution in [-0.2, 0) is 9.59 Å². The summed E-state index contributed by atoms with van der Waals surface area (Å²) >= 11 is 6.21. The van der Waals surface area contributed by atoms with Crippen LogP contribution in [-0.4, -0.2) is 49.1 Å². The average molecular weight is 460 g/mol. The van der Waals surface area contributed by atoms with Crippen molar-refractivity contribution in [3.63, 3.8) is 0 Å². The van der Waals surface area contributed by atoms with Gasteiger partial charge in [0, 0.05) is 12.1 Å². The van der Waals surface area contributed by atoms with E-state index in [0.29, 0.717) is 47.9 Å². The molecule has 32 heavy (non-hydrogen) atoms. The van der Waals surface area contributed by atoms with Crippen molar-refractivity contribution in [2.45, 2.75) is 26.3 Å². The summed E-state index contributed by atoms with van der Waals surface area (Å²) in [6, 6.07) is 9.11. The summed E-state index contributed by atoms with van der Waals surface area (Å²) in [5.41, 5.74) is 0.939.